The third-order valence-corrected chi connectivity index (χ3v) is 4.38. The van der Waals surface area contributed by atoms with E-state index < -0.39 is 0 Å². The zero-order valence-electron chi connectivity index (χ0n) is 14.3. The second-order valence-corrected chi connectivity index (χ2v) is 5.96. The Bertz CT molecular complexity index is 941. The Hall–Kier alpha value is -3.41. The van der Waals surface area contributed by atoms with Crippen LogP contribution in [0, 0.1) is 0 Å². The van der Waals surface area contributed by atoms with Crippen LogP contribution in [0.25, 0.3) is 0 Å². The van der Waals surface area contributed by atoms with Crippen molar-refractivity contribution in [1.29, 1.82) is 0 Å². The van der Waals surface area contributed by atoms with E-state index >= 15 is 0 Å². The molecule has 26 heavy (non-hydrogen) atoms. The fourth-order valence-corrected chi connectivity index (χ4v) is 3.07. The Morgan fingerprint density at radius 1 is 1.08 bits per heavy atom. The highest BCUT2D eigenvalue weighted by atomic mass is 16.5. The molecule has 0 fully saturated rings. The van der Waals surface area contributed by atoms with Crippen LogP contribution in [0.2, 0.25) is 0 Å². The number of nitrogens with one attached hydrogen (secondary N) is 1. The summed E-state index contributed by atoms with van der Waals surface area (Å²) < 4.78 is 5.25. The Kier molecular flexibility index (Phi) is 4.23. The predicted molar refractivity (Wildman–Crippen MR) is 100 cm³/mol. The van der Waals surface area contributed by atoms with Crippen molar-refractivity contribution in [3.63, 3.8) is 0 Å². The minimum Gasteiger partial charge on any atom is -0.495 e. The number of fused-ring (bicyclic) bond motifs is 1. The summed E-state index contributed by atoms with van der Waals surface area (Å²) in [7, 11) is 1.57. The summed E-state index contributed by atoms with van der Waals surface area (Å²) in [5.74, 6) is 0.929. The van der Waals surface area contributed by atoms with Gasteiger partial charge in [-0.1, -0.05) is 30.3 Å². The van der Waals surface area contributed by atoms with E-state index in [4.69, 9.17) is 4.74 Å². The van der Waals surface area contributed by atoms with Crippen LogP contribution >= 0.6 is 0 Å². The standard InChI is InChI=1S/C20H18N4O2/c1-26-18-9-5-3-7-16(18)23-19(25)15-12-21-20(22-13-15)24-11-10-14-6-2-4-8-17(14)24/h2-9,12-13H,10-11H2,1H3,(H,23,25). The van der Waals surface area contributed by atoms with Gasteiger partial charge in [0.25, 0.3) is 5.91 Å². The quantitative estimate of drug-likeness (QED) is 0.784. The van der Waals surface area contributed by atoms with E-state index in [2.05, 4.69) is 32.3 Å². The number of hydrogen-bond donors (Lipinski definition) is 1. The van der Waals surface area contributed by atoms with Crippen LogP contribution in [0.1, 0.15) is 15.9 Å². The fraction of sp³-hybridized carbons (Fsp3) is 0.150. The molecule has 2 aromatic carbocycles. The molecule has 1 aliphatic rings. The highest BCUT2D eigenvalue weighted by Crippen LogP contribution is 2.32. The van der Waals surface area contributed by atoms with Crippen LogP contribution in [-0.4, -0.2) is 29.5 Å². The molecule has 0 saturated carbocycles. The second-order valence-electron chi connectivity index (χ2n) is 5.96. The van der Waals surface area contributed by atoms with E-state index in [-0.39, 0.29) is 5.91 Å². The lowest BCUT2D eigenvalue weighted by Gasteiger charge is -2.17. The molecule has 6 heteroatoms. The van der Waals surface area contributed by atoms with Gasteiger partial charge in [-0.2, -0.15) is 0 Å². The molecular weight excluding hydrogens is 328 g/mol. The van der Waals surface area contributed by atoms with Gasteiger partial charge in [0.05, 0.1) is 18.4 Å². The fourth-order valence-electron chi connectivity index (χ4n) is 3.07. The monoisotopic (exact) mass is 346 g/mol. The molecule has 130 valence electrons. The van der Waals surface area contributed by atoms with Gasteiger partial charge in [-0.15, -0.1) is 0 Å². The van der Waals surface area contributed by atoms with Gasteiger partial charge in [0.15, 0.2) is 0 Å². The van der Waals surface area contributed by atoms with E-state index in [9.17, 15) is 4.79 Å². The molecule has 0 bridgehead atoms. The molecular formula is C20H18N4O2. The van der Waals surface area contributed by atoms with Gasteiger partial charge in [-0.05, 0) is 30.2 Å². The normalized spacial score (nSPS) is 12.6. The maximum atomic E-state index is 12.5. The molecule has 1 aliphatic heterocycles. The van der Waals surface area contributed by atoms with Crippen LogP contribution in [0.15, 0.2) is 60.9 Å². The van der Waals surface area contributed by atoms with Crippen LogP contribution in [0.4, 0.5) is 17.3 Å². The summed E-state index contributed by atoms with van der Waals surface area (Å²) in [6.07, 6.45) is 4.07. The summed E-state index contributed by atoms with van der Waals surface area (Å²) in [6, 6.07) is 15.5. The first kappa shape index (κ1) is 16.1. The highest BCUT2D eigenvalue weighted by Gasteiger charge is 2.22. The van der Waals surface area contributed by atoms with Gasteiger partial charge in [0.2, 0.25) is 5.95 Å². The van der Waals surface area contributed by atoms with Crippen molar-refractivity contribution in [2.45, 2.75) is 6.42 Å². The molecule has 6 nitrogen and oxygen atoms in total. The van der Waals surface area contributed by atoms with Crippen LogP contribution in [-0.2, 0) is 6.42 Å². The van der Waals surface area contributed by atoms with Gasteiger partial charge >= 0.3 is 0 Å². The lowest BCUT2D eigenvalue weighted by atomic mass is 10.2. The number of carbonyl (C=O) groups excluding carboxylic acids is 1. The number of rotatable bonds is 4. The molecule has 3 aromatic rings. The maximum Gasteiger partial charge on any atom is 0.258 e. The van der Waals surface area contributed by atoms with E-state index in [1.165, 1.54) is 5.56 Å². The number of ether oxygens (including phenoxy) is 1. The largest absolute Gasteiger partial charge is 0.495 e. The molecule has 1 amide bonds. The third-order valence-electron chi connectivity index (χ3n) is 4.38. The minimum atomic E-state index is -0.275. The summed E-state index contributed by atoms with van der Waals surface area (Å²) >= 11 is 0. The number of benzene rings is 2. The number of aromatic nitrogens is 2. The number of carbonyl (C=O) groups is 1. The first-order chi connectivity index (χ1) is 12.8. The van der Waals surface area contributed by atoms with Crippen molar-refractivity contribution < 1.29 is 9.53 Å². The summed E-state index contributed by atoms with van der Waals surface area (Å²) in [5, 5.41) is 2.82. The molecule has 0 saturated heterocycles. The van der Waals surface area contributed by atoms with Gasteiger partial charge in [0, 0.05) is 24.6 Å². The van der Waals surface area contributed by atoms with E-state index in [1.54, 1.807) is 31.6 Å². The Morgan fingerprint density at radius 3 is 2.62 bits per heavy atom. The van der Waals surface area contributed by atoms with E-state index in [1.807, 2.05) is 24.3 Å². The summed E-state index contributed by atoms with van der Waals surface area (Å²) in [6.45, 7) is 0.839. The third kappa shape index (κ3) is 2.97. The van der Waals surface area contributed by atoms with E-state index in [0.717, 1.165) is 18.7 Å². The molecule has 0 unspecified atom stereocenters. The number of anilines is 3. The zero-order valence-corrected chi connectivity index (χ0v) is 14.3. The summed E-state index contributed by atoms with van der Waals surface area (Å²) in [4.78, 5) is 23.3. The molecule has 0 atom stereocenters. The predicted octanol–water partition coefficient (Wildman–Crippen LogP) is 3.43. The number of para-hydroxylation sites is 3. The number of amides is 1. The van der Waals surface area contributed by atoms with Crippen molar-refractivity contribution in [2.75, 3.05) is 23.9 Å². The molecule has 0 spiro atoms. The van der Waals surface area contributed by atoms with Crippen LogP contribution in [0.3, 0.4) is 0 Å². The van der Waals surface area contributed by atoms with Crippen molar-refractivity contribution in [2.24, 2.45) is 0 Å². The van der Waals surface area contributed by atoms with Gasteiger partial charge in [0.1, 0.15) is 5.75 Å². The highest BCUT2D eigenvalue weighted by molar-refractivity contribution is 6.04. The molecule has 2 heterocycles. The lowest BCUT2D eigenvalue weighted by Crippen LogP contribution is -2.18. The van der Waals surface area contributed by atoms with Crippen molar-refractivity contribution in [3.8, 4) is 5.75 Å². The molecule has 1 N–H and O–H groups in total. The Balaban J connectivity index is 1.52. The smallest absolute Gasteiger partial charge is 0.258 e. The minimum absolute atomic E-state index is 0.275. The van der Waals surface area contributed by atoms with Gasteiger partial charge in [-0.3, -0.25) is 4.79 Å². The number of hydrogen-bond acceptors (Lipinski definition) is 5. The average molecular weight is 346 g/mol. The Morgan fingerprint density at radius 2 is 1.81 bits per heavy atom. The second kappa shape index (κ2) is 6.84. The van der Waals surface area contributed by atoms with Crippen molar-refractivity contribution >= 4 is 23.2 Å². The lowest BCUT2D eigenvalue weighted by molar-refractivity contribution is 0.102. The summed E-state index contributed by atoms with van der Waals surface area (Å²) in [5.41, 5.74) is 3.41. The van der Waals surface area contributed by atoms with Crippen molar-refractivity contribution in [3.05, 3.63) is 72.1 Å². The molecule has 0 aliphatic carbocycles. The van der Waals surface area contributed by atoms with Crippen LogP contribution in [0.5, 0.6) is 5.75 Å². The average Bonchev–Trinajstić information content (AvgIpc) is 3.12. The topological polar surface area (TPSA) is 67.3 Å². The maximum absolute atomic E-state index is 12.5. The molecule has 4 rings (SSSR count). The zero-order chi connectivity index (χ0) is 17.9. The Labute approximate surface area is 151 Å². The van der Waals surface area contributed by atoms with Gasteiger partial charge in [-0.25, -0.2) is 9.97 Å². The van der Waals surface area contributed by atoms with Gasteiger partial charge < -0.3 is 15.0 Å². The molecule has 1 aromatic heterocycles. The SMILES string of the molecule is COc1ccccc1NC(=O)c1cnc(N2CCc3ccccc32)nc1. The van der Waals surface area contributed by atoms with E-state index in [0.29, 0.717) is 22.9 Å². The van der Waals surface area contributed by atoms with Crippen molar-refractivity contribution in [1.82, 2.24) is 9.97 Å². The number of methoxy groups -OCH3 is 1. The number of nitrogens with zero attached hydrogens (tertiary/aromatic N) is 3. The molecule has 0 radical (unpaired) electrons. The van der Waals surface area contributed by atoms with Crippen LogP contribution < -0.4 is 15.0 Å². The first-order valence-corrected chi connectivity index (χ1v) is 8.38. The first-order valence-electron chi connectivity index (χ1n) is 8.38.